The average molecular weight is 424 g/mol. The lowest BCUT2D eigenvalue weighted by Gasteiger charge is -2.08. The molecule has 0 saturated heterocycles. The van der Waals surface area contributed by atoms with Crippen LogP contribution in [-0.4, -0.2) is 13.2 Å². The molecule has 0 saturated carbocycles. The summed E-state index contributed by atoms with van der Waals surface area (Å²) in [6.07, 6.45) is 13.4. The lowest BCUT2D eigenvalue weighted by Crippen LogP contribution is -2.14. The summed E-state index contributed by atoms with van der Waals surface area (Å²) in [5, 5.41) is 3.60. The van der Waals surface area contributed by atoms with Crippen molar-refractivity contribution in [3.8, 4) is 5.75 Å². The number of hydrogen-bond donors (Lipinski definition) is 1. The van der Waals surface area contributed by atoms with Crippen LogP contribution in [0.3, 0.4) is 0 Å². The quantitative estimate of drug-likeness (QED) is 0.276. The van der Waals surface area contributed by atoms with E-state index in [4.69, 9.17) is 4.74 Å². The highest BCUT2D eigenvalue weighted by Gasteiger charge is 1.99. The van der Waals surface area contributed by atoms with Crippen LogP contribution in [0, 0.1) is 27.7 Å². The molecule has 0 atom stereocenters. The van der Waals surface area contributed by atoms with E-state index in [0.717, 1.165) is 25.4 Å². The summed E-state index contributed by atoms with van der Waals surface area (Å²) in [5.74, 6) is 1.03. The fraction of sp³-hybridized carbons (Fsp3) is 0.586. The van der Waals surface area contributed by atoms with Gasteiger partial charge in [0.1, 0.15) is 5.75 Å². The molecule has 0 heterocycles. The van der Waals surface area contributed by atoms with Crippen LogP contribution in [0.4, 0.5) is 0 Å². The predicted molar refractivity (Wildman–Crippen MR) is 135 cm³/mol. The van der Waals surface area contributed by atoms with Gasteiger partial charge >= 0.3 is 0 Å². The van der Waals surface area contributed by atoms with Crippen molar-refractivity contribution in [1.29, 1.82) is 0 Å². The molecule has 172 valence electrons. The molecule has 2 rings (SSSR count). The van der Waals surface area contributed by atoms with Crippen LogP contribution in [0.25, 0.3) is 0 Å². The maximum atomic E-state index is 5.90. The van der Waals surface area contributed by atoms with Gasteiger partial charge in [-0.3, -0.25) is 0 Å². The summed E-state index contributed by atoms with van der Waals surface area (Å²) in [6.45, 7) is 11.6. The van der Waals surface area contributed by atoms with Crippen molar-refractivity contribution < 1.29 is 4.74 Å². The zero-order valence-corrected chi connectivity index (χ0v) is 20.6. The lowest BCUT2D eigenvalue weighted by atomic mass is 10.1. The molecule has 2 nitrogen and oxygen atoms in total. The summed E-state index contributed by atoms with van der Waals surface area (Å²) in [5.41, 5.74) is 6.70. The third-order valence-electron chi connectivity index (χ3n) is 5.82. The molecule has 0 unspecified atom stereocenters. The Kier molecular flexibility index (Phi) is 12.4. The maximum Gasteiger partial charge on any atom is 0.119 e. The van der Waals surface area contributed by atoms with Crippen LogP contribution in [-0.2, 0) is 6.54 Å². The lowest BCUT2D eigenvalue weighted by molar-refractivity contribution is 0.304. The Labute approximate surface area is 191 Å². The van der Waals surface area contributed by atoms with E-state index in [0.29, 0.717) is 0 Å². The van der Waals surface area contributed by atoms with Gasteiger partial charge in [-0.2, -0.15) is 0 Å². The van der Waals surface area contributed by atoms with E-state index < -0.39 is 0 Å². The first-order valence-corrected chi connectivity index (χ1v) is 12.5. The van der Waals surface area contributed by atoms with Gasteiger partial charge in [0.2, 0.25) is 0 Å². The van der Waals surface area contributed by atoms with Crippen LogP contribution >= 0.6 is 0 Å². The minimum atomic E-state index is 0.848. The normalized spacial score (nSPS) is 11.1. The summed E-state index contributed by atoms with van der Waals surface area (Å²) in [6, 6.07) is 13.3. The highest BCUT2D eigenvalue weighted by atomic mass is 16.5. The van der Waals surface area contributed by atoms with E-state index in [9.17, 15) is 0 Å². The molecule has 0 spiro atoms. The second-order valence-electron chi connectivity index (χ2n) is 9.38. The van der Waals surface area contributed by atoms with Gasteiger partial charge in [-0.1, -0.05) is 86.8 Å². The average Bonchev–Trinajstić information content (AvgIpc) is 2.69. The number of ether oxygens (including phenoxy) is 1. The van der Waals surface area contributed by atoms with Crippen molar-refractivity contribution in [3.05, 3.63) is 64.2 Å². The Bertz CT molecular complexity index is 648. The summed E-state index contributed by atoms with van der Waals surface area (Å²) in [7, 11) is 0. The Morgan fingerprint density at radius 2 is 1.00 bits per heavy atom. The molecule has 2 aromatic rings. The first-order valence-electron chi connectivity index (χ1n) is 12.5. The van der Waals surface area contributed by atoms with E-state index in [1.54, 1.807) is 0 Å². The molecular weight excluding hydrogens is 378 g/mol. The van der Waals surface area contributed by atoms with E-state index >= 15 is 0 Å². The highest BCUT2D eigenvalue weighted by molar-refractivity contribution is 5.33. The topological polar surface area (TPSA) is 21.3 Å². The fourth-order valence-corrected chi connectivity index (χ4v) is 4.38. The first-order chi connectivity index (χ1) is 15.0. The smallest absolute Gasteiger partial charge is 0.119 e. The third kappa shape index (κ3) is 12.0. The molecule has 0 aliphatic rings. The minimum absolute atomic E-state index is 0.848. The minimum Gasteiger partial charge on any atom is -0.494 e. The zero-order chi connectivity index (χ0) is 22.3. The number of unbranched alkanes of at least 4 members (excludes halogenated alkanes) is 9. The van der Waals surface area contributed by atoms with E-state index in [2.05, 4.69) is 69.4 Å². The van der Waals surface area contributed by atoms with Crippen molar-refractivity contribution >= 4 is 0 Å². The van der Waals surface area contributed by atoms with Crippen molar-refractivity contribution in [2.45, 2.75) is 98.4 Å². The maximum absolute atomic E-state index is 5.90. The van der Waals surface area contributed by atoms with Gasteiger partial charge < -0.3 is 10.1 Å². The molecule has 0 amide bonds. The molecule has 1 N–H and O–H groups in total. The van der Waals surface area contributed by atoms with Gasteiger partial charge in [0.25, 0.3) is 0 Å². The second-order valence-corrected chi connectivity index (χ2v) is 9.38. The second kappa shape index (κ2) is 15.1. The number of rotatable bonds is 16. The summed E-state index contributed by atoms with van der Waals surface area (Å²) in [4.78, 5) is 0. The van der Waals surface area contributed by atoms with Crippen LogP contribution in [0.15, 0.2) is 36.4 Å². The van der Waals surface area contributed by atoms with Gasteiger partial charge in [0, 0.05) is 6.54 Å². The van der Waals surface area contributed by atoms with Crippen LogP contribution in [0.1, 0.15) is 92.0 Å². The van der Waals surface area contributed by atoms with E-state index in [1.807, 2.05) is 0 Å². The van der Waals surface area contributed by atoms with Gasteiger partial charge in [-0.15, -0.1) is 0 Å². The third-order valence-corrected chi connectivity index (χ3v) is 5.82. The molecule has 0 aliphatic carbocycles. The molecule has 0 bridgehead atoms. The molecule has 2 aromatic carbocycles. The van der Waals surface area contributed by atoms with Gasteiger partial charge in [0.05, 0.1) is 6.61 Å². The number of aryl methyl sites for hydroxylation is 4. The largest absolute Gasteiger partial charge is 0.494 e. The Balaban J connectivity index is 1.33. The van der Waals surface area contributed by atoms with E-state index in [-0.39, 0.29) is 0 Å². The predicted octanol–water partition coefficient (Wildman–Crippen LogP) is 7.99. The number of nitrogens with one attached hydrogen (secondary N) is 1. The molecule has 0 radical (unpaired) electrons. The molecule has 0 aliphatic heterocycles. The fourth-order valence-electron chi connectivity index (χ4n) is 4.38. The van der Waals surface area contributed by atoms with Crippen molar-refractivity contribution in [1.82, 2.24) is 5.32 Å². The van der Waals surface area contributed by atoms with Crippen LogP contribution in [0.5, 0.6) is 5.75 Å². The molecule has 0 fully saturated rings. The molecular formula is C29H45NO. The van der Waals surface area contributed by atoms with Crippen LogP contribution in [0.2, 0.25) is 0 Å². The SMILES string of the molecule is Cc1cc(C)cc(CNCCCCCCCCCCCCOc2cc(C)cc(C)c2)c1. The van der Waals surface area contributed by atoms with Crippen molar-refractivity contribution in [2.75, 3.05) is 13.2 Å². The van der Waals surface area contributed by atoms with Gasteiger partial charge in [-0.05, 0) is 75.9 Å². The molecule has 0 aromatic heterocycles. The Morgan fingerprint density at radius 1 is 0.548 bits per heavy atom. The zero-order valence-electron chi connectivity index (χ0n) is 20.6. The number of benzene rings is 2. The Morgan fingerprint density at radius 3 is 1.55 bits per heavy atom. The van der Waals surface area contributed by atoms with Crippen molar-refractivity contribution in [2.24, 2.45) is 0 Å². The first kappa shape index (κ1) is 25.5. The van der Waals surface area contributed by atoms with Gasteiger partial charge in [0.15, 0.2) is 0 Å². The van der Waals surface area contributed by atoms with Crippen LogP contribution < -0.4 is 10.1 Å². The highest BCUT2D eigenvalue weighted by Crippen LogP contribution is 2.17. The van der Waals surface area contributed by atoms with E-state index in [1.165, 1.54) is 92.0 Å². The monoisotopic (exact) mass is 423 g/mol. The molecule has 2 heteroatoms. The molecule has 31 heavy (non-hydrogen) atoms. The summed E-state index contributed by atoms with van der Waals surface area (Å²) >= 11 is 0. The summed E-state index contributed by atoms with van der Waals surface area (Å²) < 4.78 is 5.90. The Hall–Kier alpha value is -1.80. The van der Waals surface area contributed by atoms with Gasteiger partial charge in [-0.25, -0.2) is 0 Å². The number of hydrogen-bond acceptors (Lipinski definition) is 2. The van der Waals surface area contributed by atoms with Crippen molar-refractivity contribution in [3.63, 3.8) is 0 Å². The standard InChI is InChI=1S/C29H45NO/c1-24-17-25(2)20-28(19-24)23-30-15-13-11-9-7-5-6-8-10-12-14-16-31-29-21-26(3)18-27(4)22-29/h17-22,30H,5-16,23H2,1-4H3.